The Morgan fingerprint density at radius 3 is 1.72 bits per heavy atom. The molecule has 0 bridgehead atoms. The summed E-state index contributed by atoms with van der Waals surface area (Å²) in [7, 11) is 0. The minimum absolute atomic E-state index is 0.460. The second-order valence-electron chi connectivity index (χ2n) is 12.1. The van der Waals surface area contributed by atoms with E-state index in [2.05, 4.69) is 34.9 Å². The van der Waals surface area contributed by atoms with Gasteiger partial charge in [0, 0.05) is 38.4 Å². The molecule has 7 heteroatoms. The van der Waals surface area contributed by atoms with Gasteiger partial charge in [0.15, 0.2) is 23.1 Å². The van der Waals surface area contributed by atoms with Gasteiger partial charge in [-0.05, 0) is 18.2 Å². The van der Waals surface area contributed by atoms with Gasteiger partial charge in [0.05, 0.1) is 16.6 Å². The van der Waals surface area contributed by atoms with Gasteiger partial charge in [-0.25, -0.2) is 15.0 Å². The number of benzene rings is 6. The van der Waals surface area contributed by atoms with Crippen molar-refractivity contribution in [1.29, 1.82) is 0 Å². The molecule has 0 unspecified atom stereocenters. The summed E-state index contributed by atoms with van der Waals surface area (Å²) in [5.41, 5.74) is 7.72. The Hall–Kier alpha value is -6.99. The molecule has 10 rings (SSSR count). The lowest BCUT2D eigenvalue weighted by atomic mass is 10.1. The van der Waals surface area contributed by atoms with Gasteiger partial charge < -0.3 is 4.42 Å². The van der Waals surface area contributed by atoms with E-state index in [1.165, 1.54) is 0 Å². The van der Waals surface area contributed by atoms with Crippen LogP contribution in [0.1, 0.15) is 0 Å². The van der Waals surface area contributed by atoms with Crippen LogP contribution in [0, 0.1) is 0 Å². The molecule has 0 saturated heterocycles. The lowest BCUT2D eigenvalue weighted by molar-refractivity contribution is 0.669. The van der Waals surface area contributed by atoms with Crippen LogP contribution in [0.3, 0.4) is 0 Å². The largest absolute Gasteiger partial charge is 0.456 e. The smallest absolute Gasteiger partial charge is 0.240 e. The molecule has 0 fully saturated rings. The molecule has 0 saturated carbocycles. The second-order valence-corrected chi connectivity index (χ2v) is 12.1. The molecular weight excluding hydrogens is 617 g/mol. The predicted molar refractivity (Wildman–Crippen MR) is 199 cm³/mol. The highest BCUT2D eigenvalue weighted by Crippen LogP contribution is 2.39. The highest BCUT2D eigenvalue weighted by atomic mass is 16.3. The van der Waals surface area contributed by atoms with Crippen LogP contribution in [0.25, 0.3) is 95.2 Å². The van der Waals surface area contributed by atoms with Gasteiger partial charge in [-0.1, -0.05) is 140 Å². The summed E-state index contributed by atoms with van der Waals surface area (Å²) >= 11 is 0. The first-order valence-corrected chi connectivity index (χ1v) is 16.4. The molecule has 50 heavy (non-hydrogen) atoms. The van der Waals surface area contributed by atoms with E-state index in [0.29, 0.717) is 29.1 Å². The fourth-order valence-corrected chi connectivity index (χ4v) is 6.84. The average Bonchev–Trinajstić information content (AvgIpc) is 3.74. The van der Waals surface area contributed by atoms with Crippen LogP contribution in [0.15, 0.2) is 162 Å². The summed E-state index contributed by atoms with van der Waals surface area (Å²) in [6, 6.07) is 52.7. The molecule has 4 heterocycles. The van der Waals surface area contributed by atoms with E-state index in [1.807, 2.05) is 127 Å². The minimum atomic E-state index is 0.460. The van der Waals surface area contributed by atoms with Crippen LogP contribution >= 0.6 is 0 Å². The summed E-state index contributed by atoms with van der Waals surface area (Å²) in [4.78, 5) is 26.0. The van der Waals surface area contributed by atoms with Crippen molar-refractivity contribution in [3.05, 3.63) is 158 Å². The molecule has 0 atom stereocenters. The lowest BCUT2D eigenvalue weighted by Gasteiger charge is -2.12. The van der Waals surface area contributed by atoms with E-state index in [4.69, 9.17) is 29.3 Å². The Labute approximate surface area is 286 Å². The third-order valence-electron chi connectivity index (χ3n) is 9.09. The Kier molecular flexibility index (Phi) is 6.35. The monoisotopic (exact) mass is 642 g/mol. The van der Waals surface area contributed by atoms with Crippen LogP contribution < -0.4 is 0 Å². The van der Waals surface area contributed by atoms with E-state index in [1.54, 1.807) is 0 Å². The predicted octanol–water partition coefficient (Wildman–Crippen LogP) is 10.3. The van der Waals surface area contributed by atoms with Crippen molar-refractivity contribution < 1.29 is 4.42 Å². The molecule has 10 aromatic rings. The topological polar surface area (TPSA) is 82.5 Å². The normalized spacial score (nSPS) is 11.6. The third kappa shape index (κ3) is 4.48. The van der Waals surface area contributed by atoms with Crippen molar-refractivity contribution in [3.63, 3.8) is 0 Å². The number of rotatable bonds is 5. The summed E-state index contributed by atoms with van der Waals surface area (Å²) in [5, 5.41) is 3.90. The van der Waals surface area contributed by atoms with Gasteiger partial charge in [-0.15, -0.1) is 0 Å². The van der Waals surface area contributed by atoms with Gasteiger partial charge in [-0.2, -0.15) is 9.97 Å². The van der Waals surface area contributed by atoms with Crippen molar-refractivity contribution in [2.45, 2.75) is 0 Å². The number of fused-ring (bicyclic) bond motifs is 6. The average molecular weight is 643 g/mol. The molecule has 0 aliphatic rings. The lowest BCUT2D eigenvalue weighted by Crippen LogP contribution is -2.07. The van der Waals surface area contributed by atoms with E-state index >= 15 is 0 Å². The molecule has 0 amide bonds. The molecule has 0 aliphatic carbocycles. The van der Waals surface area contributed by atoms with Crippen molar-refractivity contribution >= 4 is 43.9 Å². The van der Waals surface area contributed by atoms with E-state index in [9.17, 15) is 0 Å². The molecule has 0 N–H and O–H groups in total. The third-order valence-corrected chi connectivity index (χ3v) is 9.09. The molecule has 0 radical (unpaired) electrons. The van der Waals surface area contributed by atoms with Gasteiger partial charge in [0.25, 0.3) is 0 Å². The van der Waals surface area contributed by atoms with Gasteiger partial charge in [0.1, 0.15) is 11.2 Å². The van der Waals surface area contributed by atoms with Crippen LogP contribution in [-0.4, -0.2) is 29.5 Å². The molecule has 4 aromatic heterocycles. The number of aromatic nitrogens is 6. The number of hydrogen-bond acceptors (Lipinski definition) is 6. The number of para-hydroxylation sites is 2. The summed E-state index contributed by atoms with van der Waals surface area (Å²) < 4.78 is 8.32. The van der Waals surface area contributed by atoms with Crippen LogP contribution in [-0.2, 0) is 0 Å². The molecule has 0 aliphatic heterocycles. The maximum Gasteiger partial charge on any atom is 0.240 e. The van der Waals surface area contributed by atoms with Gasteiger partial charge >= 0.3 is 0 Å². The number of furan rings is 1. The zero-order valence-corrected chi connectivity index (χ0v) is 26.6. The van der Waals surface area contributed by atoms with Crippen molar-refractivity contribution in [2.24, 2.45) is 0 Å². The van der Waals surface area contributed by atoms with Crippen molar-refractivity contribution in [3.8, 4) is 51.4 Å². The molecule has 0 spiro atoms. The minimum Gasteiger partial charge on any atom is -0.456 e. The van der Waals surface area contributed by atoms with Crippen LogP contribution in [0.4, 0.5) is 0 Å². The SMILES string of the molecule is c1ccc(-c2nc(-c3cccc4oc5ccccc5c34)nc(-n3c4ccccc4c4c(-c5ccccc5)nc(-c5ccccc5)nc43)n2)cc1. The maximum atomic E-state index is 6.26. The van der Waals surface area contributed by atoms with Crippen LogP contribution in [0.5, 0.6) is 0 Å². The molecule has 234 valence electrons. The Morgan fingerprint density at radius 2 is 0.980 bits per heavy atom. The summed E-state index contributed by atoms with van der Waals surface area (Å²) in [6.07, 6.45) is 0. The van der Waals surface area contributed by atoms with E-state index in [-0.39, 0.29) is 0 Å². The van der Waals surface area contributed by atoms with Gasteiger partial charge in [0.2, 0.25) is 5.95 Å². The number of hydrogen-bond donors (Lipinski definition) is 0. The Morgan fingerprint density at radius 1 is 0.400 bits per heavy atom. The highest BCUT2D eigenvalue weighted by Gasteiger charge is 2.24. The summed E-state index contributed by atoms with van der Waals surface area (Å²) in [6.45, 7) is 0. The van der Waals surface area contributed by atoms with E-state index < -0.39 is 0 Å². The van der Waals surface area contributed by atoms with Gasteiger partial charge in [-0.3, -0.25) is 4.57 Å². The first-order chi connectivity index (χ1) is 24.8. The first kappa shape index (κ1) is 28.1. The Bertz CT molecular complexity index is 2860. The van der Waals surface area contributed by atoms with E-state index in [0.717, 1.165) is 66.2 Å². The van der Waals surface area contributed by atoms with Crippen molar-refractivity contribution in [1.82, 2.24) is 29.5 Å². The maximum absolute atomic E-state index is 6.26. The molecule has 7 nitrogen and oxygen atoms in total. The quantitative estimate of drug-likeness (QED) is 0.186. The zero-order valence-electron chi connectivity index (χ0n) is 26.6. The molecule has 6 aromatic carbocycles. The molecular formula is C43H26N6O. The van der Waals surface area contributed by atoms with Crippen LogP contribution in [0.2, 0.25) is 0 Å². The zero-order chi connectivity index (χ0) is 33.0. The number of nitrogens with zero attached hydrogens (tertiary/aromatic N) is 6. The second kappa shape index (κ2) is 11.3. The Balaban J connectivity index is 1.33. The fourth-order valence-electron chi connectivity index (χ4n) is 6.84. The standard InChI is InChI=1S/C43H26N6O/c1-4-15-27(16-5-1)38-37-30-21-10-12-24-33(30)49(42(37)46-39(44-38)28-17-6-2-7-18-28)43-47-40(29-19-8-3-9-20-29)45-41(48-43)32-23-14-26-35-36(32)31-22-11-13-25-34(31)50-35/h1-26H. The van der Waals surface area contributed by atoms with Crippen molar-refractivity contribution in [2.75, 3.05) is 0 Å². The highest BCUT2D eigenvalue weighted by molar-refractivity contribution is 6.14. The fraction of sp³-hybridized carbons (Fsp3) is 0. The first-order valence-electron chi connectivity index (χ1n) is 16.4. The summed E-state index contributed by atoms with van der Waals surface area (Å²) in [5.74, 6) is 2.18.